The average Bonchev–Trinajstić information content (AvgIpc) is 2.32. The normalized spacial score (nSPS) is 19.2. The van der Waals surface area contributed by atoms with Crippen LogP contribution in [0, 0.1) is 11.6 Å². The molecular formula is C13H14F2N2O2. The third kappa shape index (κ3) is 2.89. The Morgan fingerprint density at radius 3 is 2.47 bits per heavy atom. The standard InChI is InChI=1S/C13H14F2N2O2/c1-2-8-9(14)5-7(6-10(8)15)16-11-3-4-12(18)17-13(11)19/h5-6,11,16H,2-4H2,1H3,(H,17,18,19). The molecule has 2 N–H and O–H groups in total. The minimum Gasteiger partial charge on any atom is -0.373 e. The van der Waals surface area contributed by atoms with Gasteiger partial charge in [0.15, 0.2) is 0 Å². The van der Waals surface area contributed by atoms with Gasteiger partial charge in [-0.1, -0.05) is 6.92 Å². The lowest BCUT2D eigenvalue weighted by Gasteiger charge is -2.23. The van der Waals surface area contributed by atoms with E-state index in [4.69, 9.17) is 0 Å². The Bertz CT molecular complexity index is 508. The fourth-order valence-corrected chi connectivity index (χ4v) is 2.06. The first kappa shape index (κ1) is 13.5. The molecule has 1 fully saturated rings. The summed E-state index contributed by atoms with van der Waals surface area (Å²) in [5, 5.41) is 4.91. The quantitative estimate of drug-likeness (QED) is 0.821. The van der Waals surface area contributed by atoms with Crippen molar-refractivity contribution < 1.29 is 18.4 Å². The van der Waals surface area contributed by atoms with Gasteiger partial charge in [-0.3, -0.25) is 14.9 Å². The highest BCUT2D eigenvalue weighted by Crippen LogP contribution is 2.21. The van der Waals surface area contributed by atoms with Gasteiger partial charge < -0.3 is 5.32 Å². The second-order valence-electron chi connectivity index (χ2n) is 4.42. The summed E-state index contributed by atoms with van der Waals surface area (Å²) in [7, 11) is 0. The number of rotatable bonds is 3. The third-order valence-electron chi connectivity index (χ3n) is 3.07. The Kier molecular flexibility index (Phi) is 3.78. The van der Waals surface area contributed by atoms with Crippen LogP contribution < -0.4 is 10.6 Å². The molecule has 0 radical (unpaired) electrons. The Morgan fingerprint density at radius 2 is 1.95 bits per heavy atom. The molecule has 102 valence electrons. The monoisotopic (exact) mass is 268 g/mol. The number of anilines is 1. The van der Waals surface area contributed by atoms with Crippen molar-refractivity contribution in [3.05, 3.63) is 29.3 Å². The summed E-state index contributed by atoms with van der Waals surface area (Å²) in [6.45, 7) is 1.66. The highest BCUT2D eigenvalue weighted by Gasteiger charge is 2.26. The van der Waals surface area contributed by atoms with Crippen LogP contribution in [0.2, 0.25) is 0 Å². The van der Waals surface area contributed by atoms with Gasteiger partial charge in [-0.2, -0.15) is 0 Å². The van der Waals surface area contributed by atoms with Crippen molar-refractivity contribution in [1.82, 2.24) is 5.32 Å². The third-order valence-corrected chi connectivity index (χ3v) is 3.07. The topological polar surface area (TPSA) is 58.2 Å². The number of nitrogens with one attached hydrogen (secondary N) is 2. The van der Waals surface area contributed by atoms with Crippen LogP contribution in [0.3, 0.4) is 0 Å². The molecule has 19 heavy (non-hydrogen) atoms. The lowest BCUT2D eigenvalue weighted by molar-refractivity contribution is -0.133. The van der Waals surface area contributed by atoms with Crippen LogP contribution in [0.15, 0.2) is 12.1 Å². The van der Waals surface area contributed by atoms with Gasteiger partial charge in [-0.05, 0) is 25.0 Å². The molecule has 1 aromatic carbocycles. The van der Waals surface area contributed by atoms with Crippen molar-refractivity contribution in [2.75, 3.05) is 5.32 Å². The molecule has 0 aliphatic carbocycles. The van der Waals surface area contributed by atoms with Gasteiger partial charge in [0.1, 0.15) is 17.7 Å². The first-order valence-electron chi connectivity index (χ1n) is 6.09. The van der Waals surface area contributed by atoms with Crippen molar-refractivity contribution >= 4 is 17.5 Å². The van der Waals surface area contributed by atoms with E-state index in [0.29, 0.717) is 6.42 Å². The van der Waals surface area contributed by atoms with Gasteiger partial charge in [0, 0.05) is 17.7 Å². The Labute approximate surface area is 109 Å². The molecular weight excluding hydrogens is 254 g/mol. The van der Waals surface area contributed by atoms with Crippen molar-refractivity contribution in [1.29, 1.82) is 0 Å². The molecule has 1 saturated heterocycles. The molecule has 4 nitrogen and oxygen atoms in total. The van der Waals surface area contributed by atoms with E-state index in [9.17, 15) is 18.4 Å². The number of carbonyl (C=O) groups is 2. The molecule has 1 aliphatic rings. The van der Waals surface area contributed by atoms with Crippen LogP contribution in [-0.2, 0) is 16.0 Å². The van der Waals surface area contributed by atoms with Gasteiger partial charge in [-0.15, -0.1) is 0 Å². The van der Waals surface area contributed by atoms with E-state index in [-0.39, 0.29) is 30.0 Å². The van der Waals surface area contributed by atoms with Crippen LogP contribution in [0.25, 0.3) is 0 Å². The number of hydrogen-bond donors (Lipinski definition) is 2. The Morgan fingerprint density at radius 1 is 1.32 bits per heavy atom. The molecule has 1 heterocycles. The van der Waals surface area contributed by atoms with Crippen LogP contribution >= 0.6 is 0 Å². The number of piperidine rings is 1. The van der Waals surface area contributed by atoms with Gasteiger partial charge in [0.25, 0.3) is 0 Å². The van der Waals surface area contributed by atoms with Crippen LogP contribution in [-0.4, -0.2) is 17.9 Å². The van der Waals surface area contributed by atoms with Gasteiger partial charge >= 0.3 is 0 Å². The zero-order chi connectivity index (χ0) is 14.0. The van der Waals surface area contributed by atoms with Crippen LogP contribution in [0.5, 0.6) is 0 Å². The number of imide groups is 1. The molecule has 2 rings (SSSR count). The van der Waals surface area contributed by atoms with E-state index >= 15 is 0 Å². The van der Waals surface area contributed by atoms with E-state index < -0.39 is 23.6 Å². The lowest BCUT2D eigenvalue weighted by atomic mass is 10.1. The number of halogens is 2. The molecule has 0 aromatic heterocycles. The highest BCUT2D eigenvalue weighted by molar-refractivity contribution is 6.01. The van der Waals surface area contributed by atoms with Crippen molar-refractivity contribution in [3.63, 3.8) is 0 Å². The summed E-state index contributed by atoms with van der Waals surface area (Å²) in [5.74, 6) is -2.09. The van der Waals surface area contributed by atoms with Crippen LogP contribution in [0.4, 0.5) is 14.5 Å². The summed E-state index contributed by atoms with van der Waals surface area (Å²) < 4.78 is 27.2. The Balaban J connectivity index is 2.15. The van der Waals surface area contributed by atoms with E-state index in [2.05, 4.69) is 10.6 Å². The molecule has 2 amide bonds. The molecule has 1 atom stereocenters. The first-order chi connectivity index (χ1) is 9.01. The highest BCUT2D eigenvalue weighted by atomic mass is 19.1. The second-order valence-corrected chi connectivity index (χ2v) is 4.42. The van der Waals surface area contributed by atoms with Crippen molar-refractivity contribution in [2.24, 2.45) is 0 Å². The Hall–Kier alpha value is -1.98. The smallest absolute Gasteiger partial charge is 0.249 e. The number of amides is 2. The fraction of sp³-hybridized carbons (Fsp3) is 0.385. The van der Waals surface area contributed by atoms with E-state index in [1.807, 2.05) is 0 Å². The maximum atomic E-state index is 13.6. The van der Waals surface area contributed by atoms with E-state index in [1.165, 1.54) is 0 Å². The van der Waals surface area contributed by atoms with Gasteiger partial charge in [-0.25, -0.2) is 8.78 Å². The SMILES string of the molecule is CCc1c(F)cc(NC2CCC(=O)NC2=O)cc1F. The zero-order valence-corrected chi connectivity index (χ0v) is 10.4. The summed E-state index contributed by atoms with van der Waals surface area (Å²) >= 11 is 0. The summed E-state index contributed by atoms with van der Waals surface area (Å²) in [6.07, 6.45) is 0.779. The fourth-order valence-electron chi connectivity index (χ4n) is 2.06. The second kappa shape index (κ2) is 5.34. The molecule has 0 saturated carbocycles. The largest absolute Gasteiger partial charge is 0.373 e. The number of hydrogen-bond acceptors (Lipinski definition) is 3. The molecule has 0 spiro atoms. The van der Waals surface area contributed by atoms with Crippen molar-refractivity contribution in [3.8, 4) is 0 Å². The average molecular weight is 268 g/mol. The van der Waals surface area contributed by atoms with E-state index in [1.54, 1.807) is 6.92 Å². The van der Waals surface area contributed by atoms with Gasteiger partial charge in [0.05, 0.1) is 0 Å². The molecule has 1 aliphatic heterocycles. The summed E-state index contributed by atoms with van der Waals surface area (Å²) in [4.78, 5) is 22.5. The maximum absolute atomic E-state index is 13.6. The molecule has 6 heteroatoms. The number of carbonyl (C=O) groups excluding carboxylic acids is 2. The predicted molar refractivity (Wildman–Crippen MR) is 65.5 cm³/mol. The van der Waals surface area contributed by atoms with Crippen molar-refractivity contribution in [2.45, 2.75) is 32.2 Å². The minimum atomic E-state index is -0.649. The molecule has 0 bridgehead atoms. The van der Waals surface area contributed by atoms with Crippen LogP contribution in [0.1, 0.15) is 25.3 Å². The molecule has 1 unspecified atom stereocenters. The van der Waals surface area contributed by atoms with E-state index in [0.717, 1.165) is 12.1 Å². The lowest BCUT2D eigenvalue weighted by Crippen LogP contribution is -2.47. The molecule has 1 aromatic rings. The predicted octanol–water partition coefficient (Wildman–Crippen LogP) is 1.74. The zero-order valence-electron chi connectivity index (χ0n) is 10.4. The summed E-state index contributed by atoms with van der Waals surface area (Å²) in [5.41, 5.74) is 0.218. The van der Waals surface area contributed by atoms with Gasteiger partial charge in [0.2, 0.25) is 11.8 Å². The maximum Gasteiger partial charge on any atom is 0.249 e. The number of benzene rings is 1. The first-order valence-corrected chi connectivity index (χ1v) is 6.09. The minimum absolute atomic E-state index is 0.0221. The summed E-state index contributed by atoms with van der Waals surface area (Å²) in [6, 6.07) is 1.67.